The standard InChI is InChI=1S/C8H19NO3S/c1-4-9(5-2,6-3)7-8-13(10,11)12/h4-8H2,1-3H3. The summed E-state index contributed by atoms with van der Waals surface area (Å²) in [4.78, 5) is 0. The summed E-state index contributed by atoms with van der Waals surface area (Å²) in [6.45, 7) is 9.13. The van der Waals surface area contributed by atoms with Crippen LogP contribution in [0.3, 0.4) is 0 Å². The van der Waals surface area contributed by atoms with E-state index in [0.29, 0.717) is 11.0 Å². The molecule has 0 rings (SSSR count). The highest BCUT2D eigenvalue weighted by molar-refractivity contribution is 7.85. The van der Waals surface area contributed by atoms with Crippen LogP contribution in [0.2, 0.25) is 0 Å². The molecule has 0 aromatic rings. The number of quaternary nitrogens is 1. The minimum absolute atomic E-state index is 0.248. The first-order valence-electron chi connectivity index (χ1n) is 4.67. The summed E-state index contributed by atoms with van der Waals surface area (Å²) in [7, 11) is -4.05. The normalized spacial score (nSPS) is 13.2. The van der Waals surface area contributed by atoms with Gasteiger partial charge in [-0.1, -0.05) is 0 Å². The quantitative estimate of drug-likeness (QED) is 0.470. The van der Waals surface area contributed by atoms with Gasteiger partial charge in [0.1, 0.15) is 10.1 Å². The van der Waals surface area contributed by atoms with Crippen LogP contribution in [-0.2, 0) is 10.1 Å². The second-order valence-electron chi connectivity index (χ2n) is 3.28. The van der Waals surface area contributed by atoms with Gasteiger partial charge in [-0.25, -0.2) is 8.42 Å². The Morgan fingerprint density at radius 2 is 1.46 bits per heavy atom. The van der Waals surface area contributed by atoms with Crippen LogP contribution in [0.1, 0.15) is 20.8 Å². The molecule has 0 aliphatic heterocycles. The van der Waals surface area contributed by atoms with E-state index in [4.69, 9.17) is 0 Å². The highest BCUT2D eigenvalue weighted by atomic mass is 32.2. The van der Waals surface area contributed by atoms with E-state index in [1.807, 2.05) is 20.8 Å². The maximum atomic E-state index is 10.5. The molecule has 0 heterocycles. The minimum Gasteiger partial charge on any atom is -0.748 e. The third kappa shape index (κ3) is 4.59. The fourth-order valence-corrected chi connectivity index (χ4v) is 2.06. The molecule has 0 amide bonds. The predicted octanol–water partition coefficient (Wildman–Crippen LogP) is 0.408. The molecule has 0 bridgehead atoms. The van der Waals surface area contributed by atoms with Gasteiger partial charge in [-0.3, -0.25) is 0 Å². The van der Waals surface area contributed by atoms with Crippen LogP contribution in [0.15, 0.2) is 0 Å². The molecule has 4 nitrogen and oxygen atoms in total. The molecule has 0 unspecified atom stereocenters. The molecule has 0 aliphatic rings. The van der Waals surface area contributed by atoms with Crippen molar-refractivity contribution in [1.29, 1.82) is 0 Å². The maximum Gasteiger partial charge on any atom is 0.100 e. The molecule has 80 valence electrons. The number of hydrogen-bond acceptors (Lipinski definition) is 3. The van der Waals surface area contributed by atoms with Gasteiger partial charge in [0.2, 0.25) is 0 Å². The van der Waals surface area contributed by atoms with Crippen molar-refractivity contribution >= 4 is 10.1 Å². The van der Waals surface area contributed by atoms with Gasteiger partial charge in [0, 0.05) is 0 Å². The molecule has 0 atom stereocenters. The molecule has 0 radical (unpaired) electrons. The minimum atomic E-state index is -4.05. The van der Waals surface area contributed by atoms with Crippen molar-refractivity contribution in [2.45, 2.75) is 20.8 Å². The van der Waals surface area contributed by atoms with Crippen LogP contribution < -0.4 is 0 Å². The molecule has 0 aromatic carbocycles. The van der Waals surface area contributed by atoms with E-state index < -0.39 is 10.1 Å². The topological polar surface area (TPSA) is 57.2 Å². The summed E-state index contributed by atoms with van der Waals surface area (Å²) in [5, 5.41) is 0. The van der Waals surface area contributed by atoms with E-state index in [-0.39, 0.29) is 5.75 Å². The molecule has 0 aliphatic carbocycles. The summed E-state index contributed by atoms with van der Waals surface area (Å²) in [6.07, 6.45) is 0. The van der Waals surface area contributed by atoms with Gasteiger partial charge in [-0.15, -0.1) is 0 Å². The summed E-state index contributed by atoms with van der Waals surface area (Å²) in [5.74, 6) is -0.248. The summed E-state index contributed by atoms with van der Waals surface area (Å²) >= 11 is 0. The molecule has 13 heavy (non-hydrogen) atoms. The predicted molar refractivity (Wildman–Crippen MR) is 51.3 cm³/mol. The van der Waals surface area contributed by atoms with Gasteiger partial charge in [-0.2, -0.15) is 0 Å². The fraction of sp³-hybridized carbons (Fsp3) is 1.00. The molecule has 0 N–H and O–H groups in total. The van der Waals surface area contributed by atoms with Crippen LogP contribution >= 0.6 is 0 Å². The third-order valence-electron chi connectivity index (χ3n) is 2.83. The highest BCUT2D eigenvalue weighted by Crippen LogP contribution is 2.05. The van der Waals surface area contributed by atoms with E-state index in [2.05, 4.69) is 0 Å². The molecule has 0 spiro atoms. The first-order chi connectivity index (χ1) is 5.89. The Bertz CT molecular complexity index is 224. The van der Waals surface area contributed by atoms with Crippen molar-refractivity contribution in [2.24, 2.45) is 0 Å². The second-order valence-corrected chi connectivity index (χ2v) is 4.80. The van der Waals surface area contributed by atoms with Crippen molar-refractivity contribution in [3.63, 3.8) is 0 Å². The monoisotopic (exact) mass is 209 g/mol. The lowest BCUT2D eigenvalue weighted by Gasteiger charge is -2.36. The second kappa shape index (κ2) is 4.93. The fourth-order valence-electron chi connectivity index (χ4n) is 1.45. The Hall–Kier alpha value is -0.130. The smallest absolute Gasteiger partial charge is 0.100 e. The van der Waals surface area contributed by atoms with Crippen molar-refractivity contribution in [3.8, 4) is 0 Å². The summed E-state index contributed by atoms with van der Waals surface area (Å²) in [6, 6.07) is 0. The number of nitrogens with zero attached hydrogens (tertiary/aromatic N) is 1. The van der Waals surface area contributed by atoms with E-state index >= 15 is 0 Å². The van der Waals surface area contributed by atoms with Gasteiger partial charge in [0.05, 0.1) is 31.9 Å². The average molecular weight is 209 g/mol. The maximum absolute atomic E-state index is 10.5. The highest BCUT2D eigenvalue weighted by Gasteiger charge is 2.20. The van der Waals surface area contributed by atoms with Gasteiger partial charge >= 0.3 is 0 Å². The lowest BCUT2D eigenvalue weighted by molar-refractivity contribution is -0.921. The van der Waals surface area contributed by atoms with Crippen LogP contribution in [-0.4, -0.2) is 49.4 Å². The largest absolute Gasteiger partial charge is 0.748 e. The van der Waals surface area contributed by atoms with E-state index in [9.17, 15) is 13.0 Å². The SMILES string of the molecule is CC[N+](CC)(CC)CCS(=O)(=O)[O-]. The zero-order chi connectivity index (χ0) is 10.5. The summed E-state index contributed by atoms with van der Waals surface area (Å²) < 4.78 is 32.1. The van der Waals surface area contributed by atoms with E-state index in [1.54, 1.807) is 0 Å². The summed E-state index contributed by atoms with van der Waals surface area (Å²) in [5.41, 5.74) is 0. The Balaban J connectivity index is 4.27. The molecule has 0 saturated heterocycles. The van der Waals surface area contributed by atoms with Crippen molar-refractivity contribution < 1.29 is 17.5 Å². The zero-order valence-corrected chi connectivity index (χ0v) is 9.43. The Labute approximate surface area is 80.9 Å². The van der Waals surface area contributed by atoms with Gasteiger partial charge in [0.15, 0.2) is 0 Å². The van der Waals surface area contributed by atoms with Crippen molar-refractivity contribution in [3.05, 3.63) is 0 Å². The molecular weight excluding hydrogens is 190 g/mol. The van der Waals surface area contributed by atoms with Crippen molar-refractivity contribution in [2.75, 3.05) is 31.9 Å². The molecule has 0 saturated carbocycles. The van der Waals surface area contributed by atoms with Crippen LogP contribution in [0, 0.1) is 0 Å². The zero-order valence-electron chi connectivity index (χ0n) is 8.62. The number of rotatable bonds is 6. The first-order valence-corrected chi connectivity index (χ1v) is 6.25. The van der Waals surface area contributed by atoms with Crippen LogP contribution in [0.4, 0.5) is 0 Å². The molecule has 0 aromatic heterocycles. The van der Waals surface area contributed by atoms with Gasteiger partial charge in [0.25, 0.3) is 0 Å². The molecule has 5 heteroatoms. The number of hydrogen-bond donors (Lipinski definition) is 0. The Kier molecular flexibility index (Phi) is 4.88. The van der Waals surface area contributed by atoms with Crippen LogP contribution in [0.25, 0.3) is 0 Å². The van der Waals surface area contributed by atoms with Gasteiger partial charge < -0.3 is 9.04 Å². The van der Waals surface area contributed by atoms with Gasteiger partial charge in [-0.05, 0) is 20.8 Å². The lowest BCUT2D eigenvalue weighted by atomic mass is 10.3. The third-order valence-corrected chi connectivity index (χ3v) is 3.51. The average Bonchev–Trinajstić information content (AvgIpc) is 2.06. The molecular formula is C8H19NO3S. The lowest BCUT2D eigenvalue weighted by Crippen LogP contribution is -2.50. The van der Waals surface area contributed by atoms with E-state index in [0.717, 1.165) is 19.6 Å². The molecule has 0 fully saturated rings. The van der Waals surface area contributed by atoms with Crippen LogP contribution in [0.5, 0.6) is 0 Å². The first kappa shape index (κ1) is 12.9. The Morgan fingerprint density at radius 1 is 1.08 bits per heavy atom. The van der Waals surface area contributed by atoms with E-state index in [1.165, 1.54) is 0 Å². The van der Waals surface area contributed by atoms with Crippen molar-refractivity contribution in [1.82, 2.24) is 0 Å². The Morgan fingerprint density at radius 3 is 1.69 bits per heavy atom.